The summed E-state index contributed by atoms with van der Waals surface area (Å²) in [7, 11) is -2.59. The molecule has 3 aromatic carbocycles. The van der Waals surface area contributed by atoms with E-state index >= 15 is 0 Å². The number of hydrogen-bond acceptors (Lipinski definition) is 4. The van der Waals surface area contributed by atoms with E-state index in [9.17, 15) is 18.0 Å². The zero-order valence-corrected chi connectivity index (χ0v) is 25.4. The van der Waals surface area contributed by atoms with Crippen LogP contribution in [0.2, 0.25) is 10.0 Å². The van der Waals surface area contributed by atoms with Crippen LogP contribution < -0.4 is 5.32 Å². The van der Waals surface area contributed by atoms with E-state index in [4.69, 9.17) is 23.2 Å². The highest BCUT2D eigenvalue weighted by atomic mass is 35.5. The number of amides is 2. The second-order valence-electron chi connectivity index (χ2n) is 10.2. The summed E-state index contributed by atoms with van der Waals surface area (Å²) in [6.07, 6.45) is 0.242. The van der Waals surface area contributed by atoms with Gasteiger partial charge in [0.25, 0.3) is 0 Å². The standard InChI is InChI=1S/C30H35Cl2N3O4S/c1-21(2)18-33-30(37)28(17-23-8-6-5-7-9-23)35(19-24-12-15-26(31)27(32)16-24)29(36)20-34(4)40(38,39)25-13-10-22(3)11-14-25/h5-16,21,28H,17-20H2,1-4H3,(H,33,37). The van der Waals surface area contributed by atoms with Crippen molar-refractivity contribution in [2.24, 2.45) is 5.92 Å². The van der Waals surface area contributed by atoms with Gasteiger partial charge in [0.15, 0.2) is 0 Å². The zero-order valence-electron chi connectivity index (χ0n) is 23.1. The largest absolute Gasteiger partial charge is 0.354 e. The van der Waals surface area contributed by atoms with Gasteiger partial charge in [-0.3, -0.25) is 9.59 Å². The molecule has 7 nitrogen and oxygen atoms in total. The molecule has 1 atom stereocenters. The molecule has 214 valence electrons. The number of nitrogens with zero attached hydrogens (tertiary/aromatic N) is 2. The SMILES string of the molecule is Cc1ccc(S(=O)(=O)N(C)CC(=O)N(Cc2ccc(Cl)c(Cl)c2)C(Cc2ccccc2)C(=O)NCC(C)C)cc1. The van der Waals surface area contributed by atoms with Crippen LogP contribution in [0.1, 0.15) is 30.5 Å². The molecule has 0 aliphatic carbocycles. The van der Waals surface area contributed by atoms with E-state index in [1.54, 1.807) is 30.3 Å². The Morgan fingerprint density at radius 3 is 2.15 bits per heavy atom. The molecule has 0 radical (unpaired) electrons. The van der Waals surface area contributed by atoms with E-state index in [0.717, 1.165) is 15.4 Å². The molecule has 3 aromatic rings. The smallest absolute Gasteiger partial charge is 0.243 e. The molecule has 3 rings (SSSR count). The lowest BCUT2D eigenvalue weighted by Crippen LogP contribution is -2.53. The Morgan fingerprint density at radius 2 is 1.55 bits per heavy atom. The average Bonchev–Trinajstić information content (AvgIpc) is 2.91. The molecule has 2 amide bonds. The van der Waals surface area contributed by atoms with Crippen molar-refractivity contribution in [3.63, 3.8) is 0 Å². The van der Waals surface area contributed by atoms with Crippen molar-refractivity contribution in [1.82, 2.24) is 14.5 Å². The molecule has 1 N–H and O–H groups in total. The fourth-order valence-corrected chi connectivity index (χ4v) is 5.51. The third-order valence-corrected chi connectivity index (χ3v) is 8.94. The molecule has 1 unspecified atom stereocenters. The third-order valence-electron chi connectivity index (χ3n) is 6.38. The van der Waals surface area contributed by atoms with Gasteiger partial charge >= 0.3 is 0 Å². The van der Waals surface area contributed by atoms with Crippen LogP contribution in [0.4, 0.5) is 0 Å². The van der Waals surface area contributed by atoms with Crippen LogP contribution in [0.3, 0.4) is 0 Å². The normalized spacial score (nSPS) is 12.4. The first-order chi connectivity index (χ1) is 18.9. The first-order valence-electron chi connectivity index (χ1n) is 13.0. The molecule has 0 fully saturated rings. The van der Waals surface area contributed by atoms with E-state index in [2.05, 4.69) is 5.32 Å². The lowest BCUT2D eigenvalue weighted by Gasteiger charge is -2.33. The lowest BCUT2D eigenvalue weighted by atomic mass is 10.0. The van der Waals surface area contributed by atoms with Crippen LogP contribution in [-0.2, 0) is 32.6 Å². The first kappa shape index (κ1) is 31.6. The summed E-state index contributed by atoms with van der Waals surface area (Å²) < 4.78 is 27.5. The monoisotopic (exact) mass is 603 g/mol. The van der Waals surface area contributed by atoms with Gasteiger partial charge < -0.3 is 10.2 Å². The zero-order chi connectivity index (χ0) is 29.4. The van der Waals surface area contributed by atoms with Crippen molar-refractivity contribution in [3.05, 3.63) is 99.5 Å². The number of carbonyl (C=O) groups excluding carboxylic acids is 2. The summed E-state index contributed by atoms with van der Waals surface area (Å²) in [5.41, 5.74) is 2.43. The molecule has 0 heterocycles. The van der Waals surface area contributed by atoms with Gasteiger partial charge in [0.1, 0.15) is 6.04 Å². The summed E-state index contributed by atoms with van der Waals surface area (Å²) >= 11 is 12.4. The number of sulfonamides is 1. The quantitative estimate of drug-likeness (QED) is 0.303. The maximum absolute atomic E-state index is 13.9. The lowest BCUT2D eigenvalue weighted by molar-refractivity contribution is -0.141. The highest BCUT2D eigenvalue weighted by Crippen LogP contribution is 2.25. The number of carbonyl (C=O) groups is 2. The maximum atomic E-state index is 13.9. The predicted molar refractivity (Wildman–Crippen MR) is 160 cm³/mol. The molecule has 0 aliphatic heterocycles. The molecule has 0 aliphatic rings. The van der Waals surface area contributed by atoms with Crippen LogP contribution >= 0.6 is 23.2 Å². The number of nitrogens with one attached hydrogen (secondary N) is 1. The summed E-state index contributed by atoms with van der Waals surface area (Å²) in [5.74, 6) is -0.647. The number of halogens is 2. The Morgan fingerprint density at radius 1 is 0.900 bits per heavy atom. The van der Waals surface area contributed by atoms with Crippen LogP contribution in [0.15, 0.2) is 77.7 Å². The number of rotatable bonds is 12. The maximum Gasteiger partial charge on any atom is 0.243 e. The van der Waals surface area contributed by atoms with Gasteiger partial charge in [-0.05, 0) is 48.2 Å². The molecule has 0 bridgehead atoms. The summed E-state index contributed by atoms with van der Waals surface area (Å²) in [5, 5.41) is 3.62. The van der Waals surface area contributed by atoms with Gasteiger partial charge in [0.05, 0.1) is 21.5 Å². The molecule has 40 heavy (non-hydrogen) atoms. The predicted octanol–water partition coefficient (Wildman–Crippen LogP) is 5.33. The summed E-state index contributed by atoms with van der Waals surface area (Å²) in [6.45, 7) is 5.83. The molecule has 0 aromatic heterocycles. The highest BCUT2D eigenvalue weighted by Gasteiger charge is 2.33. The average molecular weight is 605 g/mol. The Hall–Kier alpha value is -2.91. The molecule has 0 saturated heterocycles. The Labute approximate surface area is 247 Å². The van der Waals surface area contributed by atoms with Gasteiger partial charge in [0.2, 0.25) is 21.8 Å². The van der Waals surface area contributed by atoms with Gasteiger partial charge in [-0.1, -0.05) is 91.1 Å². The minimum atomic E-state index is -3.95. The minimum Gasteiger partial charge on any atom is -0.354 e. The fourth-order valence-electron chi connectivity index (χ4n) is 4.07. The van der Waals surface area contributed by atoms with Crippen LogP contribution in [-0.4, -0.2) is 55.6 Å². The van der Waals surface area contributed by atoms with E-state index in [1.165, 1.54) is 24.1 Å². The van der Waals surface area contributed by atoms with E-state index < -0.39 is 28.5 Å². The van der Waals surface area contributed by atoms with Crippen molar-refractivity contribution in [1.29, 1.82) is 0 Å². The molecular formula is C30H35Cl2N3O4S. The minimum absolute atomic E-state index is 0.0285. The number of likely N-dealkylation sites (N-methyl/N-ethyl adjacent to an activating group) is 1. The molecule has 10 heteroatoms. The van der Waals surface area contributed by atoms with Crippen molar-refractivity contribution < 1.29 is 18.0 Å². The molecule has 0 saturated carbocycles. The van der Waals surface area contributed by atoms with Crippen molar-refractivity contribution in [2.75, 3.05) is 20.1 Å². The highest BCUT2D eigenvalue weighted by molar-refractivity contribution is 7.89. The van der Waals surface area contributed by atoms with Gasteiger partial charge in [-0.15, -0.1) is 0 Å². The van der Waals surface area contributed by atoms with E-state index in [1.807, 2.05) is 51.1 Å². The van der Waals surface area contributed by atoms with Crippen LogP contribution in [0, 0.1) is 12.8 Å². The van der Waals surface area contributed by atoms with Crippen LogP contribution in [0.5, 0.6) is 0 Å². The number of aryl methyl sites for hydroxylation is 1. The van der Waals surface area contributed by atoms with Gasteiger partial charge in [0, 0.05) is 26.6 Å². The molecular weight excluding hydrogens is 569 g/mol. The number of hydrogen-bond donors (Lipinski definition) is 1. The Bertz CT molecular complexity index is 1410. The fraction of sp³-hybridized carbons (Fsp3) is 0.333. The number of benzene rings is 3. The van der Waals surface area contributed by atoms with Gasteiger partial charge in [-0.25, -0.2) is 8.42 Å². The summed E-state index contributed by atoms with van der Waals surface area (Å²) in [6, 6.07) is 19.9. The second kappa shape index (κ2) is 14.1. The van der Waals surface area contributed by atoms with Crippen molar-refractivity contribution >= 4 is 45.0 Å². The van der Waals surface area contributed by atoms with Crippen LogP contribution in [0.25, 0.3) is 0 Å². The Kier molecular flexibility index (Phi) is 11.2. The first-order valence-corrected chi connectivity index (χ1v) is 15.2. The summed E-state index contributed by atoms with van der Waals surface area (Å²) in [4.78, 5) is 29.0. The Balaban J connectivity index is 1.98. The molecule has 0 spiro atoms. The second-order valence-corrected chi connectivity index (χ2v) is 13.0. The topological polar surface area (TPSA) is 86.8 Å². The van der Waals surface area contributed by atoms with Gasteiger partial charge in [-0.2, -0.15) is 4.31 Å². The van der Waals surface area contributed by atoms with Crippen molar-refractivity contribution in [3.8, 4) is 0 Å². The van der Waals surface area contributed by atoms with Crippen molar-refractivity contribution in [2.45, 2.75) is 44.7 Å². The third kappa shape index (κ3) is 8.54. The van der Waals surface area contributed by atoms with E-state index in [0.29, 0.717) is 22.2 Å². The van der Waals surface area contributed by atoms with E-state index in [-0.39, 0.29) is 29.7 Å².